The molecule has 2 aliphatic heterocycles. The molecule has 2 saturated heterocycles. The Balaban J connectivity index is 1.02. The number of amides is 2. The van der Waals surface area contributed by atoms with Crippen LogP contribution in [-0.4, -0.2) is 94.9 Å². The number of likely N-dealkylation sites (N-methyl/N-ethyl adjacent to an activating group) is 2. The average Bonchev–Trinajstić information content (AvgIpc) is 3.93. The monoisotopic (exact) mass is 753 g/mol. The molecule has 6 rings (SSSR count). The van der Waals surface area contributed by atoms with Crippen LogP contribution < -0.4 is 10.6 Å². The molecule has 13 nitrogen and oxygen atoms in total. The Labute approximate surface area is 301 Å². The number of sulfonamides is 2. The highest BCUT2D eigenvalue weighted by Gasteiger charge is 2.28. The Morgan fingerprint density at radius 2 is 1.20 bits per heavy atom. The van der Waals surface area contributed by atoms with Gasteiger partial charge in [0.1, 0.15) is 0 Å². The first-order valence-corrected chi connectivity index (χ1v) is 20.2. The van der Waals surface area contributed by atoms with Gasteiger partial charge >= 0.3 is 0 Å². The summed E-state index contributed by atoms with van der Waals surface area (Å²) in [6.07, 6.45) is 3.26. The lowest BCUT2D eigenvalue weighted by atomic mass is 10.1. The molecule has 1 aromatic heterocycles. The number of ether oxygens (including phenoxy) is 2. The van der Waals surface area contributed by atoms with Crippen LogP contribution in [-0.2, 0) is 29.5 Å². The maximum Gasteiger partial charge on any atom is 0.257 e. The van der Waals surface area contributed by atoms with Gasteiger partial charge in [0.25, 0.3) is 11.8 Å². The first-order valence-electron chi connectivity index (χ1n) is 16.4. The molecule has 16 heteroatoms. The van der Waals surface area contributed by atoms with Crippen LogP contribution in [0, 0.1) is 0 Å². The summed E-state index contributed by atoms with van der Waals surface area (Å²) in [4.78, 5) is 30.5. The largest absolute Gasteiger partial charge is 0.377 e. The number of benzene rings is 3. The van der Waals surface area contributed by atoms with Gasteiger partial charge in [-0.15, -0.1) is 11.3 Å². The number of carbonyl (C=O) groups excluding carboxylic acids is 2. The van der Waals surface area contributed by atoms with Gasteiger partial charge in [0, 0.05) is 68.2 Å². The number of thiazole rings is 1. The van der Waals surface area contributed by atoms with Crippen molar-refractivity contribution in [3.63, 3.8) is 0 Å². The second kappa shape index (κ2) is 15.7. The molecule has 3 aromatic carbocycles. The molecule has 2 N–H and O–H groups in total. The Morgan fingerprint density at radius 3 is 1.65 bits per heavy atom. The van der Waals surface area contributed by atoms with Crippen molar-refractivity contribution >= 4 is 54.0 Å². The van der Waals surface area contributed by atoms with Crippen molar-refractivity contribution in [2.75, 3.05) is 51.0 Å². The van der Waals surface area contributed by atoms with Crippen molar-refractivity contribution in [3.05, 3.63) is 89.3 Å². The molecule has 2 fully saturated rings. The van der Waals surface area contributed by atoms with Gasteiger partial charge in [-0.2, -0.15) is 8.61 Å². The molecule has 0 bridgehead atoms. The lowest BCUT2D eigenvalue weighted by Crippen LogP contribution is -2.34. The third-order valence-corrected chi connectivity index (χ3v) is 13.2. The number of hydrogen-bond donors (Lipinski definition) is 2. The second-order valence-corrected chi connectivity index (χ2v) is 17.4. The topological polar surface area (TPSA) is 164 Å². The number of hydrogen-bond acceptors (Lipinski definition) is 10. The van der Waals surface area contributed by atoms with Crippen molar-refractivity contribution in [3.8, 4) is 11.3 Å². The van der Waals surface area contributed by atoms with Crippen LogP contribution in [0.1, 0.15) is 46.4 Å². The number of anilines is 2. The molecule has 0 aliphatic carbocycles. The van der Waals surface area contributed by atoms with Gasteiger partial charge in [-0.25, -0.2) is 21.8 Å². The Kier molecular flexibility index (Phi) is 11.3. The van der Waals surface area contributed by atoms with E-state index in [9.17, 15) is 26.4 Å². The number of carbonyl (C=O) groups is 2. The van der Waals surface area contributed by atoms with Gasteiger partial charge in [0.05, 0.1) is 27.7 Å². The van der Waals surface area contributed by atoms with E-state index in [0.717, 1.165) is 31.2 Å². The van der Waals surface area contributed by atoms with E-state index in [1.807, 2.05) is 0 Å². The summed E-state index contributed by atoms with van der Waals surface area (Å²) in [5, 5.41) is 7.73. The minimum absolute atomic E-state index is 0.0910. The highest BCUT2D eigenvalue weighted by atomic mass is 32.2. The molecular formula is C35H39N5O8S3. The molecule has 0 spiro atoms. The van der Waals surface area contributed by atoms with Gasteiger partial charge in [-0.05, 0) is 86.3 Å². The zero-order valence-electron chi connectivity index (χ0n) is 28.1. The molecule has 4 aromatic rings. The zero-order valence-corrected chi connectivity index (χ0v) is 30.6. The lowest BCUT2D eigenvalue weighted by Gasteiger charge is -2.20. The van der Waals surface area contributed by atoms with E-state index in [2.05, 4.69) is 15.6 Å². The molecule has 51 heavy (non-hydrogen) atoms. The predicted molar refractivity (Wildman–Crippen MR) is 194 cm³/mol. The van der Waals surface area contributed by atoms with E-state index >= 15 is 0 Å². The average molecular weight is 754 g/mol. The van der Waals surface area contributed by atoms with E-state index in [1.54, 1.807) is 29.6 Å². The van der Waals surface area contributed by atoms with Crippen LogP contribution >= 0.6 is 11.3 Å². The van der Waals surface area contributed by atoms with Crippen molar-refractivity contribution in [1.82, 2.24) is 13.6 Å². The van der Waals surface area contributed by atoms with Crippen LogP contribution in [0.4, 0.5) is 10.8 Å². The number of rotatable bonds is 13. The number of nitrogens with zero attached hydrogens (tertiary/aromatic N) is 3. The number of nitrogens with one attached hydrogen (secondary N) is 2. The number of aromatic nitrogens is 1. The fraction of sp³-hybridized carbons (Fsp3) is 0.343. The Morgan fingerprint density at radius 1 is 0.725 bits per heavy atom. The molecular weight excluding hydrogens is 715 g/mol. The minimum atomic E-state index is -3.73. The van der Waals surface area contributed by atoms with Gasteiger partial charge in [0.2, 0.25) is 20.0 Å². The second-order valence-electron chi connectivity index (χ2n) is 12.4. The van der Waals surface area contributed by atoms with Crippen molar-refractivity contribution in [1.29, 1.82) is 0 Å². The maximum atomic E-state index is 13.0. The van der Waals surface area contributed by atoms with Crippen LogP contribution in [0.15, 0.2) is 88.0 Å². The normalized spacial score (nSPS) is 18.0. The highest BCUT2D eigenvalue weighted by Crippen LogP contribution is 2.27. The van der Waals surface area contributed by atoms with E-state index in [-0.39, 0.29) is 40.7 Å². The van der Waals surface area contributed by atoms with Gasteiger partial charge in [0.15, 0.2) is 5.13 Å². The highest BCUT2D eigenvalue weighted by molar-refractivity contribution is 7.89. The Hall–Kier alpha value is -4.03. The van der Waals surface area contributed by atoms with E-state index in [4.69, 9.17) is 9.47 Å². The molecule has 0 radical (unpaired) electrons. The quantitative estimate of drug-likeness (QED) is 0.193. The molecule has 2 aliphatic rings. The summed E-state index contributed by atoms with van der Waals surface area (Å²) in [5.41, 5.74) is 2.49. The Bertz CT molecular complexity index is 2060. The maximum absolute atomic E-state index is 13.0. The zero-order chi connectivity index (χ0) is 36.2. The molecule has 3 heterocycles. The van der Waals surface area contributed by atoms with Crippen LogP contribution in [0.2, 0.25) is 0 Å². The van der Waals surface area contributed by atoms with Gasteiger partial charge in [-0.3, -0.25) is 14.9 Å². The standard InChI is InChI=1S/C35H39N5O8S3/c1-39(21-28-5-3-19-47-28)50(43,44)30-15-9-25(10-16-30)33(41)36-27-13-7-24(8-14-27)32-23-49-35(37-32)38-34(42)26-11-17-31(18-12-26)51(45,46)40(2)22-29-6-4-20-48-29/h7-18,23,28-29H,3-6,19-22H2,1-2H3,(H,36,41)(H,37,38,42). The molecule has 270 valence electrons. The van der Waals surface area contributed by atoms with E-state index in [0.29, 0.717) is 35.3 Å². The summed E-state index contributed by atoms with van der Waals surface area (Å²) in [7, 11) is -4.41. The predicted octanol–water partition coefficient (Wildman–Crippen LogP) is 4.91. The first-order chi connectivity index (χ1) is 24.4. The summed E-state index contributed by atoms with van der Waals surface area (Å²) >= 11 is 1.24. The van der Waals surface area contributed by atoms with Crippen molar-refractivity contribution < 1.29 is 35.9 Å². The van der Waals surface area contributed by atoms with Crippen molar-refractivity contribution in [2.24, 2.45) is 0 Å². The minimum Gasteiger partial charge on any atom is -0.377 e. The lowest BCUT2D eigenvalue weighted by molar-refractivity contribution is 0.0978. The smallest absolute Gasteiger partial charge is 0.257 e. The fourth-order valence-electron chi connectivity index (χ4n) is 5.82. The van der Waals surface area contributed by atoms with Crippen LogP contribution in [0.3, 0.4) is 0 Å². The molecule has 2 atom stereocenters. The summed E-state index contributed by atoms with van der Waals surface area (Å²) in [6.45, 7) is 1.83. The van der Waals surface area contributed by atoms with E-state index in [1.165, 1.54) is 82.6 Å². The summed E-state index contributed by atoms with van der Waals surface area (Å²) in [5.74, 6) is -0.823. The first kappa shape index (κ1) is 36.8. The van der Waals surface area contributed by atoms with Crippen molar-refractivity contribution in [2.45, 2.75) is 47.7 Å². The van der Waals surface area contributed by atoms with Crippen LogP contribution in [0.25, 0.3) is 11.3 Å². The third-order valence-electron chi connectivity index (χ3n) is 8.78. The molecule has 0 saturated carbocycles. The summed E-state index contributed by atoms with van der Waals surface area (Å²) < 4.78 is 65.6. The van der Waals surface area contributed by atoms with Gasteiger partial charge < -0.3 is 14.8 Å². The molecule has 2 unspecified atom stereocenters. The van der Waals surface area contributed by atoms with Gasteiger partial charge in [-0.1, -0.05) is 12.1 Å². The van der Waals surface area contributed by atoms with E-state index < -0.39 is 31.9 Å². The summed E-state index contributed by atoms with van der Waals surface area (Å²) in [6, 6.07) is 18.6. The van der Waals surface area contributed by atoms with Crippen LogP contribution in [0.5, 0.6) is 0 Å². The third kappa shape index (κ3) is 8.72. The SMILES string of the molecule is CN(CC1CCCO1)S(=O)(=O)c1ccc(C(=O)Nc2ccc(-c3csc(NC(=O)c4ccc(S(=O)(=O)N(C)CC5CCCO5)cc4)n3)cc2)cc1. The molecule has 2 amide bonds. The fourth-order valence-corrected chi connectivity index (χ4v) is 8.94.